The van der Waals surface area contributed by atoms with Crippen LogP contribution in [0.5, 0.6) is 5.75 Å². The summed E-state index contributed by atoms with van der Waals surface area (Å²) in [5.74, 6) is -1.01. The summed E-state index contributed by atoms with van der Waals surface area (Å²) in [6.07, 6.45) is -1.45. The number of piperazine rings is 1. The molecule has 0 aliphatic carbocycles. The lowest BCUT2D eigenvalue weighted by Crippen LogP contribution is -2.51. The van der Waals surface area contributed by atoms with E-state index in [0.717, 1.165) is 28.8 Å². The monoisotopic (exact) mass is 737 g/mol. The van der Waals surface area contributed by atoms with Crippen LogP contribution in [0.2, 0.25) is 0 Å². The Hall–Kier alpha value is -5.94. The van der Waals surface area contributed by atoms with Crippen LogP contribution in [0.1, 0.15) is 54.8 Å². The second-order valence-corrected chi connectivity index (χ2v) is 13.7. The number of halogens is 3. The number of pyridine rings is 1. The van der Waals surface area contributed by atoms with Crippen molar-refractivity contribution in [2.24, 2.45) is 0 Å². The van der Waals surface area contributed by atoms with Gasteiger partial charge in [-0.1, -0.05) is 6.08 Å². The molecular formula is C35H38F3N9O6. The molecule has 3 amide bonds. The number of carbonyl (C=O) groups excluding carboxylic acids is 3. The van der Waals surface area contributed by atoms with Gasteiger partial charge in [0, 0.05) is 56.8 Å². The Kier molecular flexibility index (Phi) is 9.89. The molecule has 1 aromatic carbocycles. The molecule has 5 heterocycles. The minimum atomic E-state index is -4.54. The third-order valence-corrected chi connectivity index (χ3v) is 8.79. The molecule has 280 valence electrons. The van der Waals surface area contributed by atoms with Gasteiger partial charge >= 0.3 is 12.3 Å². The maximum absolute atomic E-state index is 14.1. The summed E-state index contributed by atoms with van der Waals surface area (Å²) in [5.41, 5.74) is -0.705. The zero-order valence-corrected chi connectivity index (χ0v) is 29.5. The number of hydrogen-bond donors (Lipinski definition) is 2. The maximum atomic E-state index is 14.1. The summed E-state index contributed by atoms with van der Waals surface area (Å²) in [6.45, 7) is 8.01. The summed E-state index contributed by atoms with van der Waals surface area (Å²) < 4.78 is 47.4. The summed E-state index contributed by atoms with van der Waals surface area (Å²) >= 11 is 0. The molecule has 0 bridgehead atoms. The highest BCUT2D eigenvalue weighted by molar-refractivity contribution is 5.95. The molecular weight excluding hydrogens is 699 g/mol. The van der Waals surface area contributed by atoms with E-state index in [2.05, 4.69) is 20.4 Å². The summed E-state index contributed by atoms with van der Waals surface area (Å²) in [4.78, 5) is 66.7. The van der Waals surface area contributed by atoms with Crippen LogP contribution in [0.4, 0.5) is 29.3 Å². The number of carbonyl (C=O) groups is 3. The number of nitrogens with one attached hydrogen (secondary N) is 1. The smallest absolute Gasteiger partial charge is 0.416 e. The average Bonchev–Trinajstić information content (AvgIpc) is 3.56. The molecule has 3 aromatic heterocycles. The molecule has 18 heteroatoms. The molecule has 1 fully saturated rings. The van der Waals surface area contributed by atoms with Crippen LogP contribution in [0.15, 0.2) is 53.5 Å². The molecule has 0 unspecified atom stereocenters. The van der Waals surface area contributed by atoms with Gasteiger partial charge in [-0.25, -0.2) is 9.78 Å². The lowest BCUT2D eigenvalue weighted by molar-refractivity contribution is -0.137. The van der Waals surface area contributed by atoms with E-state index in [9.17, 15) is 37.5 Å². The number of nitrogens with zero attached hydrogens (tertiary/aromatic N) is 8. The Morgan fingerprint density at radius 2 is 1.68 bits per heavy atom. The van der Waals surface area contributed by atoms with Crippen LogP contribution in [-0.4, -0.2) is 102 Å². The topological polar surface area (TPSA) is 168 Å². The predicted octanol–water partition coefficient (Wildman–Crippen LogP) is 3.94. The van der Waals surface area contributed by atoms with Crippen LogP contribution in [-0.2, 0) is 22.3 Å². The molecule has 2 N–H and O–H groups in total. The minimum Gasteiger partial charge on any atom is -0.505 e. The molecule has 53 heavy (non-hydrogen) atoms. The molecule has 0 saturated carbocycles. The van der Waals surface area contributed by atoms with E-state index in [0.29, 0.717) is 24.2 Å². The standard InChI is InChI=1S/C35H38F3N9O6/c1-21-28(43-16-18-44(19-17-43)30(50)27-25(48)6-5-13-39-27)31(51)47-32(46(21)20-26(49)40-24-9-7-23(8-10-24)35(36,37)38)41-29(42-47)22-11-14-45(15-12-22)33(52)53-34(2,3)4/h5-11,13,48H,12,14-20H2,1-4H3,(H,40,49). The highest BCUT2D eigenvalue weighted by Gasteiger charge is 2.32. The van der Waals surface area contributed by atoms with Crippen molar-refractivity contribution >= 4 is 40.6 Å². The number of hydrogen-bond acceptors (Lipinski definition) is 10. The molecule has 1 saturated heterocycles. The van der Waals surface area contributed by atoms with Gasteiger partial charge in [0.25, 0.3) is 11.5 Å². The van der Waals surface area contributed by atoms with Gasteiger partial charge in [0.2, 0.25) is 11.7 Å². The van der Waals surface area contributed by atoms with E-state index < -0.39 is 40.8 Å². The summed E-state index contributed by atoms with van der Waals surface area (Å²) in [7, 11) is 0. The van der Waals surface area contributed by atoms with Gasteiger partial charge in [-0.15, -0.1) is 5.10 Å². The van der Waals surface area contributed by atoms with E-state index in [1.54, 1.807) is 38.7 Å². The number of ether oxygens (including phenoxy) is 1. The number of amides is 3. The average molecular weight is 738 g/mol. The van der Waals surface area contributed by atoms with Crippen molar-refractivity contribution in [3.8, 4) is 5.75 Å². The Morgan fingerprint density at radius 3 is 2.28 bits per heavy atom. The predicted molar refractivity (Wildman–Crippen MR) is 186 cm³/mol. The molecule has 0 radical (unpaired) electrons. The highest BCUT2D eigenvalue weighted by atomic mass is 19.4. The van der Waals surface area contributed by atoms with Gasteiger partial charge in [0.15, 0.2) is 11.5 Å². The first-order valence-corrected chi connectivity index (χ1v) is 16.8. The van der Waals surface area contributed by atoms with Gasteiger partial charge < -0.3 is 34.4 Å². The van der Waals surface area contributed by atoms with Gasteiger partial charge in [0.1, 0.15) is 23.6 Å². The van der Waals surface area contributed by atoms with E-state index >= 15 is 0 Å². The number of aromatic hydroxyl groups is 1. The van der Waals surface area contributed by atoms with Crippen molar-refractivity contribution in [2.45, 2.75) is 52.4 Å². The fraction of sp³-hybridized carbons (Fsp3) is 0.400. The number of benzene rings is 1. The Balaban J connectivity index is 1.31. The Labute approximate surface area is 301 Å². The maximum Gasteiger partial charge on any atom is 0.416 e. The normalized spacial score (nSPS) is 15.4. The fourth-order valence-corrected chi connectivity index (χ4v) is 6.13. The fourth-order valence-electron chi connectivity index (χ4n) is 6.13. The van der Waals surface area contributed by atoms with Gasteiger partial charge in [0.05, 0.1) is 5.56 Å². The lowest BCUT2D eigenvalue weighted by atomic mass is 10.1. The summed E-state index contributed by atoms with van der Waals surface area (Å²) in [6, 6.07) is 6.91. The second kappa shape index (κ2) is 14.2. The largest absolute Gasteiger partial charge is 0.505 e. The zero-order chi connectivity index (χ0) is 38.2. The van der Waals surface area contributed by atoms with Crippen LogP contribution in [0.25, 0.3) is 11.4 Å². The molecule has 0 atom stereocenters. The van der Waals surface area contributed by atoms with Crippen molar-refractivity contribution in [2.75, 3.05) is 49.5 Å². The zero-order valence-electron chi connectivity index (χ0n) is 29.5. The highest BCUT2D eigenvalue weighted by Crippen LogP contribution is 2.30. The first kappa shape index (κ1) is 36.8. The van der Waals surface area contributed by atoms with Crippen LogP contribution in [0.3, 0.4) is 0 Å². The van der Waals surface area contributed by atoms with Crippen LogP contribution in [0, 0.1) is 6.92 Å². The first-order valence-electron chi connectivity index (χ1n) is 16.8. The van der Waals surface area contributed by atoms with Crippen molar-refractivity contribution in [1.29, 1.82) is 0 Å². The second-order valence-electron chi connectivity index (χ2n) is 13.7. The number of alkyl halides is 3. The van der Waals surface area contributed by atoms with Crippen molar-refractivity contribution in [3.05, 3.63) is 81.8 Å². The lowest BCUT2D eigenvalue weighted by Gasteiger charge is -2.36. The van der Waals surface area contributed by atoms with Crippen LogP contribution < -0.4 is 15.8 Å². The molecule has 6 rings (SSSR count). The molecule has 15 nitrogen and oxygen atoms in total. The third-order valence-electron chi connectivity index (χ3n) is 8.79. The number of aromatic nitrogens is 5. The first-order chi connectivity index (χ1) is 25.0. The molecule has 0 spiro atoms. The van der Waals surface area contributed by atoms with Gasteiger partial charge in [-0.2, -0.15) is 22.7 Å². The summed E-state index contributed by atoms with van der Waals surface area (Å²) in [5, 5.41) is 17.3. The third kappa shape index (κ3) is 7.95. The van der Waals surface area contributed by atoms with Gasteiger partial charge in [-0.3, -0.25) is 14.4 Å². The Bertz CT molecular complexity index is 2150. The Morgan fingerprint density at radius 1 is 0.981 bits per heavy atom. The van der Waals surface area contributed by atoms with Crippen molar-refractivity contribution in [1.82, 2.24) is 33.9 Å². The molecule has 2 aliphatic heterocycles. The van der Waals surface area contributed by atoms with Crippen LogP contribution >= 0.6 is 0 Å². The van der Waals surface area contributed by atoms with E-state index in [-0.39, 0.29) is 73.7 Å². The molecule has 2 aliphatic rings. The van der Waals surface area contributed by atoms with E-state index in [1.165, 1.54) is 32.7 Å². The number of rotatable bonds is 6. The minimum absolute atomic E-state index is 0.0590. The van der Waals surface area contributed by atoms with E-state index in [1.807, 2.05) is 0 Å². The van der Waals surface area contributed by atoms with Crippen molar-refractivity contribution < 1.29 is 37.4 Å². The molecule has 4 aromatic rings. The van der Waals surface area contributed by atoms with Crippen molar-refractivity contribution in [3.63, 3.8) is 0 Å². The SMILES string of the molecule is Cc1c(N2CCN(C(=O)c3ncccc3O)CC2)c(=O)n2nc(C3=CCN(C(=O)OC(C)(C)C)CC3)nc2n1CC(=O)Nc1ccc(C(F)(F)F)cc1. The van der Waals surface area contributed by atoms with E-state index in [4.69, 9.17) is 4.74 Å². The van der Waals surface area contributed by atoms with Gasteiger partial charge in [-0.05, 0) is 76.1 Å². The number of fused-ring (bicyclic) bond motifs is 1. The quantitative estimate of drug-likeness (QED) is 0.296. The number of anilines is 2.